The van der Waals surface area contributed by atoms with Gasteiger partial charge in [-0.2, -0.15) is 0 Å². The predicted molar refractivity (Wildman–Crippen MR) is 127 cm³/mol. The van der Waals surface area contributed by atoms with Crippen LogP contribution in [-0.2, 0) is 30.3 Å². The molecule has 10 nitrogen and oxygen atoms in total. The van der Waals surface area contributed by atoms with Gasteiger partial charge in [0.2, 0.25) is 11.8 Å². The number of esters is 1. The van der Waals surface area contributed by atoms with Crippen molar-refractivity contribution in [2.24, 2.45) is 5.92 Å². The van der Waals surface area contributed by atoms with E-state index in [1.54, 1.807) is 6.20 Å². The van der Waals surface area contributed by atoms with Crippen LogP contribution in [0.25, 0.3) is 10.9 Å². The highest BCUT2D eigenvalue weighted by Gasteiger charge is 2.30. The van der Waals surface area contributed by atoms with Crippen LogP contribution in [-0.4, -0.2) is 65.1 Å². The number of carbonyl (C=O) groups excluding carboxylic acids is 3. The summed E-state index contributed by atoms with van der Waals surface area (Å²) in [6.07, 6.45) is 2.33. The molecular weight excluding hydrogens is 440 g/mol. The maximum absolute atomic E-state index is 13.3. The van der Waals surface area contributed by atoms with Crippen molar-refractivity contribution in [1.29, 1.82) is 0 Å². The zero-order chi connectivity index (χ0) is 25.4. The zero-order valence-electron chi connectivity index (χ0n) is 20.2. The van der Waals surface area contributed by atoms with Crippen molar-refractivity contribution in [2.45, 2.75) is 64.7 Å². The van der Waals surface area contributed by atoms with Crippen LogP contribution in [0.2, 0.25) is 0 Å². The number of benzene rings is 1. The number of aliphatic carboxylic acids is 1. The van der Waals surface area contributed by atoms with Gasteiger partial charge in [0, 0.05) is 17.1 Å². The molecule has 1 heterocycles. The number of aromatic nitrogens is 1. The fourth-order valence-electron chi connectivity index (χ4n) is 3.65. The molecule has 2 rings (SSSR count). The summed E-state index contributed by atoms with van der Waals surface area (Å²) in [5.74, 6) is -2.65. The predicted octanol–water partition coefficient (Wildman–Crippen LogP) is 1.35. The molecule has 0 spiro atoms. The van der Waals surface area contributed by atoms with E-state index < -0.39 is 47.9 Å². The summed E-state index contributed by atoms with van der Waals surface area (Å²) in [7, 11) is 1.23. The molecule has 4 atom stereocenters. The summed E-state index contributed by atoms with van der Waals surface area (Å²) in [4.78, 5) is 52.4. The molecule has 0 saturated carbocycles. The number of fused-ring (bicyclic) bond motifs is 1. The van der Waals surface area contributed by atoms with Crippen LogP contribution >= 0.6 is 0 Å². The Labute approximate surface area is 198 Å². The van der Waals surface area contributed by atoms with E-state index in [1.165, 1.54) is 21.0 Å². The Hall–Kier alpha value is -3.40. The molecule has 186 valence electrons. The second kappa shape index (κ2) is 12.2. The number of H-pyrrole nitrogens is 1. The largest absolute Gasteiger partial charge is 0.480 e. The van der Waals surface area contributed by atoms with Gasteiger partial charge in [-0.05, 0) is 44.2 Å². The van der Waals surface area contributed by atoms with Crippen molar-refractivity contribution in [3.8, 4) is 0 Å². The third-order valence-corrected chi connectivity index (χ3v) is 5.49. The Morgan fingerprint density at radius 2 is 1.62 bits per heavy atom. The molecule has 0 aliphatic carbocycles. The molecule has 2 amide bonds. The summed E-state index contributed by atoms with van der Waals surface area (Å²) in [6.45, 7) is 6.76. The molecule has 2 aromatic rings. The topological polar surface area (TPSA) is 150 Å². The minimum Gasteiger partial charge on any atom is -0.480 e. The molecule has 0 aliphatic heterocycles. The Balaban J connectivity index is 2.24. The van der Waals surface area contributed by atoms with E-state index >= 15 is 0 Å². The average molecular weight is 475 g/mol. The van der Waals surface area contributed by atoms with Crippen molar-refractivity contribution in [3.05, 3.63) is 36.0 Å². The number of methoxy groups -OCH3 is 1. The van der Waals surface area contributed by atoms with Gasteiger partial charge in [0.25, 0.3) is 0 Å². The maximum atomic E-state index is 13.3. The lowest BCUT2D eigenvalue weighted by Crippen LogP contribution is -2.57. The number of hydrogen-bond acceptors (Lipinski definition) is 6. The minimum atomic E-state index is -1.10. The number of para-hydroxylation sites is 1. The Morgan fingerprint density at radius 1 is 0.971 bits per heavy atom. The van der Waals surface area contributed by atoms with Crippen molar-refractivity contribution in [3.63, 3.8) is 0 Å². The second-order valence-corrected chi connectivity index (χ2v) is 8.79. The average Bonchev–Trinajstić information content (AvgIpc) is 3.19. The number of amides is 2. The summed E-state index contributed by atoms with van der Waals surface area (Å²) in [6, 6.07) is 3.91. The second-order valence-electron chi connectivity index (χ2n) is 8.79. The van der Waals surface area contributed by atoms with Crippen LogP contribution in [0.5, 0.6) is 0 Å². The number of rotatable bonds is 12. The van der Waals surface area contributed by atoms with E-state index in [4.69, 9.17) is 0 Å². The molecule has 5 N–H and O–H groups in total. The number of carboxylic acid groups (broad SMARTS) is 1. The highest BCUT2D eigenvalue weighted by atomic mass is 16.5. The molecule has 1 aromatic carbocycles. The van der Waals surface area contributed by atoms with E-state index in [9.17, 15) is 24.3 Å². The van der Waals surface area contributed by atoms with Gasteiger partial charge in [0.05, 0.1) is 13.2 Å². The van der Waals surface area contributed by atoms with E-state index in [0.717, 1.165) is 16.5 Å². The number of aromatic amines is 1. The van der Waals surface area contributed by atoms with Gasteiger partial charge in [-0.3, -0.25) is 19.7 Å². The standard InChI is InChI=1S/C24H34N4O6/c1-13(2)10-19(21(29)27-15(4)24(33)34-5)28-22(30)20(26-14(3)23(31)32)11-16-12-25-18-9-7-6-8-17(16)18/h6-9,12-15,19-20,25-26H,10-11H2,1-5H3,(H,27,29)(H,28,30)(H,31,32)/t14?,15-,19-,20-/m0/s1. The van der Waals surface area contributed by atoms with Crippen LogP contribution in [0, 0.1) is 5.92 Å². The molecule has 34 heavy (non-hydrogen) atoms. The van der Waals surface area contributed by atoms with Gasteiger partial charge in [0.1, 0.15) is 18.1 Å². The zero-order valence-corrected chi connectivity index (χ0v) is 20.2. The molecule has 1 unspecified atom stereocenters. The highest BCUT2D eigenvalue weighted by Crippen LogP contribution is 2.19. The lowest BCUT2D eigenvalue weighted by atomic mass is 10.00. The third kappa shape index (κ3) is 7.31. The first-order valence-corrected chi connectivity index (χ1v) is 11.3. The summed E-state index contributed by atoms with van der Waals surface area (Å²) < 4.78 is 4.64. The number of hydrogen-bond donors (Lipinski definition) is 5. The molecule has 0 radical (unpaired) electrons. The van der Waals surface area contributed by atoms with Gasteiger partial charge >= 0.3 is 11.9 Å². The minimum absolute atomic E-state index is 0.0717. The lowest BCUT2D eigenvalue weighted by Gasteiger charge is -2.26. The number of carbonyl (C=O) groups is 4. The van der Waals surface area contributed by atoms with Gasteiger partial charge in [-0.1, -0.05) is 32.0 Å². The van der Waals surface area contributed by atoms with E-state index in [2.05, 4.69) is 25.7 Å². The number of nitrogens with one attached hydrogen (secondary N) is 4. The monoisotopic (exact) mass is 474 g/mol. The summed E-state index contributed by atoms with van der Waals surface area (Å²) in [5, 5.41) is 18.5. The van der Waals surface area contributed by atoms with Crippen LogP contribution in [0.3, 0.4) is 0 Å². The number of carboxylic acids is 1. The third-order valence-electron chi connectivity index (χ3n) is 5.49. The Kier molecular flexibility index (Phi) is 9.61. The highest BCUT2D eigenvalue weighted by molar-refractivity contribution is 5.93. The molecule has 0 fully saturated rings. The summed E-state index contributed by atoms with van der Waals surface area (Å²) >= 11 is 0. The van der Waals surface area contributed by atoms with E-state index in [0.29, 0.717) is 6.42 Å². The fourth-order valence-corrected chi connectivity index (χ4v) is 3.65. The van der Waals surface area contributed by atoms with Gasteiger partial charge < -0.3 is 25.5 Å². The van der Waals surface area contributed by atoms with Gasteiger partial charge in [-0.15, -0.1) is 0 Å². The van der Waals surface area contributed by atoms with Crippen molar-refractivity contribution < 1.29 is 29.0 Å². The van der Waals surface area contributed by atoms with Crippen LogP contribution in [0.1, 0.15) is 39.7 Å². The van der Waals surface area contributed by atoms with Crippen molar-refractivity contribution in [2.75, 3.05) is 7.11 Å². The normalized spacial score (nSPS) is 14.8. The quantitative estimate of drug-likeness (QED) is 0.291. The maximum Gasteiger partial charge on any atom is 0.328 e. The Morgan fingerprint density at radius 3 is 2.24 bits per heavy atom. The first-order chi connectivity index (χ1) is 16.0. The fraction of sp³-hybridized carbons (Fsp3) is 0.500. The smallest absolute Gasteiger partial charge is 0.328 e. The molecule has 1 aromatic heterocycles. The van der Waals surface area contributed by atoms with Crippen LogP contribution in [0.15, 0.2) is 30.5 Å². The van der Waals surface area contributed by atoms with Crippen molar-refractivity contribution in [1.82, 2.24) is 20.9 Å². The molecule has 0 bridgehead atoms. The molecule has 0 saturated heterocycles. The molecule has 0 aliphatic rings. The van der Waals surface area contributed by atoms with Crippen molar-refractivity contribution >= 4 is 34.7 Å². The lowest BCUT2D eigenvalue weighted by molar-refractivity contribution is -0.144. The van der Waals surface area contributed by atoms with E-state index in [1.807, 2.05) is 38.1 Å². The molecule has 10 heteroatoms. The number of ether oxygens (including phenoxy) is 1. The van der Waals surface area contributed by atoms with Gasteiger partial charge in [0.15, 0.2) is 0 Å². The SMILES string of the molecule is COC(=O)[C@H](C)NC(=O)[C@H](CC(C)C)NC(=O)[C@H](Cc1c[nH]c2ccccc12)NC(C)C(=O)O. The Bertz CT molecular complexity index is 1020. The molecular formula is C24H34N4O6. The van der Waals surface area contributed by atoms with Gasteiger partial charge in [-0.25, -0.2) is 4.79 Å². The van der Waals surface area contributed by atoms with E-state index in [-0.39, 0.29) is 12.3 Å². The van der Waals surface area contributed by atoms with Crippen LogP contribution in [0.4, 0.5) is 0 Å². The summed E-state index contributed by atoms with van der Waals surface area (Å²) in [5.41, 5.74) is 1.74. The van der Waals surface area contributed by atoms with Crippen LogP contribution < -0.4 is 16.0 Å². The first kappa shape index (κ1) is 26.8. The first-order valence-electron chi connectivity index (χ1n) is 11.3.